The predicted octanol–water partition coefficient (Wildman–Crippen LogP) is 3.75. The van der Waals surface area contributed by atoms with Crippen molar-refractivity contribution in [2.45, 2.75) is 43.6 Å². The van der Waals surface area contributed by atoms with Crippen LogP contribution in [0.2, 0.25) is 0 Å². The van der Waals surface area contributed by atoms with Gasteiger partial charge in [-0.1, -0.05) is 12.1 Å². The molecule has 2 aromatic rings. The number of rotatable bonds is 3. The Hall–Kier alpha value is -1.06. The number of likely N-dealkylation sites (tertiary alicyclic amines) is 1. The van der Waals surface area contributed by atoms with Gasteiger partial charge in [-0.2, -0.15) is 0 Å². The van der Waals surface area contributed by atoms with Crippen molar-refractivity contribution in [3.8, 4) is 0 Å². The van der Waals surface area contributed by atoms with Gasteiger partial charge in [0, 0.05) is 25.2 Å². The fourth-order valence-electron chi connectivity index (χ4n) is 3.48. The van der Waals surface area contributed by atoms with E-state index in [1.807, 2.05) is 13.0 Å². The van der Waals surface area contributed by atoms with Crippen LogP contribution < -0.4 is 0 Å². The summed E-state index contributed by atoms with van der Waals surface area (Å²) in [7, 11) is 0. The maximum atomic E-state index is 6.37. The first-order valence-corrected chi connectivity index (χ1v) is 8.02. The van der Waals surface area contributed by atoms with E-state index in [1.165, 1.54) is 31.3 Å². The van der Waals surface area contributed by atoms with E-state index in [1.54, 1.807) is 0 Å². The molecule has 1 saturated carbocycles. The van der Waals surface area contributed by atoms with Gasteiger partial charge in [0.25, 0.3) is 0 Å². The number of hydrogen-bond donors (Lipinski definition) is 0. The first kappa shape index (κ1) is 12.7. The average molecular weight is 290 g/mol. The molecule has 1 aromatic carbocycles. The number of nitrogens with zero attached hydrogens (tertiary/aromatic N) is 3. The monoisotopic (exact) mass is 289 g/mol. The summed E-state index contributed by atoms with van der Waals surface area (Å²) >= 11 is 6.37. The number of fused-ring (bicyclic) bond motifs is 1. The van der Waals surface area contributed by atoms with E-state index < -0.39 is 0 Å². The highest BCUT2D eigenvalue weighted by atomic mass is 35.5. The van der Waals surface area contributed by atoms with E-state index in [9.17, 15) is 0 Å². The molecule has 2 unspecified atom stereocenters. The van der Waals surface area contributed by atoms with Gasteiger partial charge in [-0.3, -0.25) is 4.90 Å². The largest absolute Gasteiger partial charge is 0.322 e. The molecule has 0 amide bonds. The molecule has 2 atom stereocenters. The summed E-state index contributed by atoms with van der Waals surface area (Å²) in [6, 6.07) is 9.78. The summed E-state index contributed by atoms with van der Waals surface area (Å²) < 4.78 is 2.40. The summed E-state index contributed by atoms with van der Waals surface area (Å²) in [6.45, 7) is 4.40. The number of aromatic nitrogens is 2. The summed E-state index contributed by atoms with van der Waals surface area (Å²) in [6.07, 6.45) is 3.99. The minimum Gasteiger partial charge on any atom is -0.322 e. The first-order valence-electron chi connectivity index (χ1n) is 7.59. The minimum atomic E-state index is -0.0441. The molecule has 4 rings (SSSR count). The van der Waals surface area contributed by atoms with Crippen molar-refractivity contribution < 1.29 is 0 Å². The molecule has 0 radical (unpaired) electrons. The SMILES string of the molecule is CC(Cl)c1nc2ccccc2n1C1CCN(C2CC2)C1. The zero-order valence-corrected chi connectivity index (χ0v) is 12.6. The van der Waals surface area contributed by atoms with Crippen molar-refractivity contribution >= 4 is 22.6 Å². The molecule has 1 saturated heterocycles. The molecule has 4 heteroatoms. The van der Waals surface area contributed by atoms with Crippen LogP contribution in [0.3, 0.4) is 0 Å². The Balaban J connectivity index is 1.75. The van der Waals surface area contributed by atoms with Crippen molar-refractivity contribution in [3.63, 3.8) is 0 Å². The first-order chi connectivity index (χ1) is 9.74. The smallest absolute Gasteiger partial charge is 0.128 e. The van der Waals surface area contributed by atoms with E-state index in [0.29, 0.717) is 6.04 Å². The molecule has 0 spiro atoms. The van der Waals surface area contributed by atoms with Gasteiger partial charge in [-0.05, 0) is 38.3 Å². The van der Waals surface area contributed by atoms with Crippen molar-refractivity contribution in [1.82, 2.24) is 14.5 Å². The van der Waals surface area contributed by atoms with E-state index in [-0.39, 0.29) is 5.38 Å². The standard InChI is InChI=1S/C16H20ClN3/c1-11(17)16-18-14-4-2-3-5-15(14)20(16)13-8-9-19(10-13)12-6-7-12/h2-5,11-13H,6-10H2,1H3. The zero-order chi connectivity index (χ0) is 13.7. The molecular formula is C16H20ClN3. The summed E-state index contributed by atoms with van der Waals surface area (Å²) in [5.74, 6) is 1.02. The number of para-hydroxylation sites is 2. The van der Waals surface area contributed by atoms with Gasteiger partial charge in [0.05, 0.1) is 16.4 Å². The van der Waals surface area contributed by atoms with E-state index in [2.05, 4.69) is 27.7 Å². The topological polar surface area (TPSA) is 21.1 Å². The third-order valence-corrected chi connectivity index (χ3v) is 4.80. The fraction of sp³-hybridized carbons (Fsp3) is 0.562. The number of imidazole rings is 1. The maximum absolute atomic E-state index is 6.37. The molecule has 2 heterocycles. The Morgan fingerprint density at radius 1 is 1.20 bits per heavy atom. The van der Waals surface area contributed by atoms with Crippen molar-refractivity contribution in [1.29, 1.82) is 0 Å². The molecule has 1 aliphatic carbocycles. The van der Waals surface area contributed by atoms with Crippen LogP contribution in [-0.2, 0) is 0 Å². The van der Waals surface area contributed by atoms with E-state index in [0.717, 1.165) is 23.9 Å². The minimum absolute atomic E-state index is 0.0441. The Morgan fingerprint density at radius 3 is 2.75 bits per heavy atom. The van der Waals surface area contributed by atoms with Gasteiger partial charge in [-0.25, -0.2) is 4.98 Å². The van der Waals surface area contributed by atoms with Gasteiger partial charge >= 0.3 is 0 Å². The number of hydrogen-bond acceptors (Lipinski definition) is 2. The summed E-state index contributed by atoms with van der Waals surface area (Å²) in [5.41, 5.74) is 2.30. The number of benzene rings is 1. The second kappa shape index (κ2) is 4.74. The second-order valence-corrected chi connectivity index (χ2v) is 6.77. The highest BCUT2D eigenvalue weighted by Crippen LogP contribution is 2.36. The average Bonchev–Trinajstić information content (AvgIpc) is 3.05. The van der Waals surface area contributed by atoms with Crippen LogP contribution in [0.15, 0.2) is 24.3 Å². The highest BCUT2D eigenvalue weighted by molar-refractivity contribution is 6.20. The summed E-state index contributed by atoms with van der Waals surface area (Å²) in [4.78, 5) is 7.40. The van der Waals surface area contributed by atoms with Crippen LogP contribution in [0.1, 0.15) is 43.4 Å². The predicted molar refractivity (Wildman–Crippen MR) is 82.3 cm³/mol. The Labute approximate surface area is 124 Å². The molecule has 1 aromatic heterocycles. The third-order valence-electron chi connectivity index (χ3n) is 4.60. The second-order valence-electron chi connectivity index (χ2n) is 6.11. The lowest BCUT2D eigenvalue weighted by molar-refractivity contribution is 0.313. The van der Waals surface area contributed by atoms with Crippen LogP contribution in [-0.4, -0.2) is 33.6 Å². The van der Waals surface area contributed by atoms with Gasteiger partial charge in [0.15, 0.2) is 0 Å². The number of halogens is 1. The molecule has 1 aliphatic heterocycles. The zero-order valence-electron chi connectivity index (χ0n) is 11.8. The van der Waals surface area contributed by atoms with Crippen LogP contribution in [0.5, 0.6) is 0 Å². The molecule has 2 aliphatic rings. The van der Waals surface area contributed by atoms with Crippen LogP contribution in [0.25, 0.3) is 11.0 Å². The molecule has 3 nitrogen and oxygen atoms in total. The lowest BCUT2D eigenvalue weighted by Crippen LogP contribution is -2.24. The molecule has 0 bridgehead atoms. The summed E-state index contributed by atoms with van der Waals surface area (Å²) in [5, 5.41) is -0.0441. The van der Waals surface area contributed by atoms with Gasteiger partial charge < -0.3 is 4.57 Å². The van der Waals surface area contributed by atoms with Gasteiger partial charge in [-0.15, -0.1) is 11.6 Å². The van der Waals surface area contributed by atoms with E-state index >= 15 is 0 Å². The Bertz CT molecular complexity index is 630. The third kappa shape index (κ3) is 2.04. The van der Waals surface area contributed by atoms with Crippen LogP contribution in [0.4, 0.5) is 0 Å². The lowest BCUT2D eigenvalue weighted by atomic mass is 10.2. The molecular weight excluding hydrogens is 270 g/mol. The molecule has 20 heavy (non-hydrogen) atoms. The van der Waals surface area contributed by atoms with Gasteiger partial charge in [0.1, 0.15) is 5.82 Å². The normalized spacial score (nSPS) is 25.4. The van der Waals surface area contributed by atoms with Crippen molar-refractivity contribution in [2.24, 2.45) is 0 Å². The molecule has 2 fully saturated rings. The molecule has 0 N–H and O–H groups in total. The Kier molecular flexibility index (Phi) is 3.00. The van der Waals surface area contributed by atoms with Crippen LogP contribution >= 0.6 is 11.6 Å². The van der Waals surface area contributed by atoms with Crippen LogP contribution in [0, 0.1) is 0 Å². The lowest BCUT2D eigenvalue weighted by Gasteiger charge is -2.19. The fourth-order valence-corrected chi connectivity index (χ4v) is 3.63. The van der Waals surface area contributed by atoms with E-state index in [4.69, 9.17) is 16.6 Å². The maximum Gasteiger partial charge on any atom is 0.128 e. The molecule has 106 valence electrons. The quantitative estimate of drug-likeness (QED) is 0.803. The Morgan fingerprint density at radius 2 is 2.00 bits per heavy atom. The van der Waals surface area contributed by atoms with Crippen molar-refractivity contribution in [3.05, 3.63) is 30.1 Å². The van der Waals surface area contributed by atoms with Gasteiger partial charge in [0.2, 0.25) is 0 Å². The van der Waals surface area contributed by atoms with Crippen molar-refractivity contribution in [2.75, 3.05) is 13.1 Å². The number of alkyl halides is 1. The highest BCUT2D eigenvalue weighted by Gasteiger charge is 2.36.